The normalized spacial score (nSPS) is 10.5. The summed E-state index contributed by atoms with van der Waals surface area (Å²) >= 11 is 1.36. The van der Waals surface area contributed by atoms with E-state index in [9.17, 15) is 4.79 Å². The molecule has 0 radical (unpaired) electrons. The molecule has 1 aromatic heterocycles. The van der Waals surface area contributed by atoms with Crippen molar-refractivity contribution in [1.29, 1.82) is 0 Å². The van der Waals surface area contributed by atoms with E-state index in [1.807, 2.05) is 12.1 Å². The monoisotopic (exact) mass is 192 g/mol. The molecule has 3 nitrogen and oxygen atoms in total. The van der Waals surface area contributed by atoms with Gasteiger partial charge in [0.25, 0.3) is 0 Å². The van der Waals surface area contributed by atoms with E-state index >= 15 is 0 Å². The van der Waals surface area contributed by atoms with Crippen molar-refractivity contribution in [1.82, 2.24) is 0 Å². The fourth-order valence-corrected chi connectivity index (χ4v) is 2.28. The number of benzene rings is 1. The number of nitrogens with two attached hydrogens (primary N) is 2. The van der Waals surface area contributed by atoms with Gasteiger partial charge < -0.3 is 11.5 Å². The molecule has 0 aliphatic carbocycles. The highest BCUT2D eigenvalue weighted by Gasteiger charge is 2.09. The van der Waals surface area contributed by atoms with Gasteiger partial charge in [-0.2, -0.15) is 0 Å². The second-order valence-corrected chi connectivity index (χ2v) is 3.80. The van der Waals surface area contributed by atoms with Gasteiger partial charge >= 0.3 is 0 Å². The maximum atomic E-state index is 10.6. The van der Waals surface area contributed by atoms with Crippen LogP contribution in [0.2, 0.25) is 0 Å². The molecule has 0 aliphatic rings. The molecule has 13 heavy (non-hydrogen) atoms. The molecular formula is C9H8N2OS. The highest BCUT2D eigenvalue weighted by molar-refractivity contribution is 7.21. The first-order chi connectivity index (χ1) is 6.24. The van der Waals surface area contributed by atoms with Crippen molar-refractivity contribution < 1.29 is 4.79 Å². The lowest BCUT2D eigenvalue weighted by Crippen LogP contribution is -1.90. The Kier molecular flexibility index (Phi) is 1.70. The van der Waals surface area contributed by atoms with E-state index in [-0.39, 0.29) is 0 Å². The molecule has 1 heterocycles. The number of anilines is 2. The first kappa shape index (κ1) is 8.07. The average Bonchev–Trinajstić information content (AvgIpc) is 2.44. The first-order valence-corrected chi connectivity index (χ1v) is 4.57. The number of fused-ring (bicyclic) bond motifs is 1. The number of carbonyl (C=O) groups excluding carboxylic acids is 1. The molecule has 0 saturated heterocycles. The summed E-state index contributed by atoms with van der Waals surface area (Å²) in [5.74, 6) is 0. The minimum absolute atomic E-state index is 0.494. The number of carbonyl (C=O) groups is 1. The third kappa shape index (κ3) is 1.07. The van der Waals surface area contributed by atoms with Crippen LogP contribution in [0.3, 0.4) is 0 Å². The SMILES string of the molecule is Nc1cccc2sc(C=O)c(N)c12. The van der Waals surface area contributed by atoms with Crippen molar-refractivity contribution in [2.45, 2.75) is 0 Å². The van der Waals surface area contributed by atoms with Gasteiger partial charge in [0, 0.05) is 15.8 Å². The molecule has 1 aromatic carbocycles. The van der Waals surface area contributed by atoms with Crippen LogP contribution >= 0.6 is 11.3 Å². The van der Waals surface area contributed by atoms with Crippen LogP contribution in [-0.2, 0) is 0 Å². The summed E-state index contributed by atoms with van der Waals surface area (Å²) in [6.07, 6.45) is 0.763. The molecule has 0 saturated carbocycles. The molecule has 0 atom stereocenters. The maximum Gasteiger partial charge on any atom is 0.162 e. The van der Waals surface area contributed by atoms with Gasteiger partial charge in [0.05, 0.1) is 10.6 Å². The van der Waals surface area contributed by atoms with Crippen LogP contribution in [-0.4, -0.2) is 6.29 Å². The fraction of sp³-hybridized carbons (Fsp3) is 0. The topological polar surface area (TPSA) is 69.1 Å². The number of rotatable bonds is 1. The second kappa shape index (κ2) is 2.74. The Morgan fingerprint density at radius 1 is 1.31 bits per heavy atom. The van der Waals surface area contributed by atoms with Crippen molar-refractivity contribution in [2.75, 3.05) is 11.5 Å². The largest absolute Gasteiger partial charge is 0.398 e. The highest BCUT2D eigenvalue weighted by atomic mass is 32.1. The molecule has 2 rings (SSSR count). The number of hydrogen-bond acceptors (Lipinski definition) is 4. The quantitative estimate of drug-likeness (QED) is 0.535. The highest BCUT2D eigenvalue weighted by Crippen LogP contribution is 2.35. The van der Waals surface area contributed by atoms with E-state index in [2.05, 4.69) is 0 Å². The molecule has 4 N–H and O–H groups in total. The first-order valence-electron chi connectivity index (χ1n) is 3.75. The number of thiophene rings is 1. The van der Waals surface area contributed by atoms with Crippen LogP contribution in [0.25, 0.3) is 10.1 Å². The van der Waals surface area contributed by atoms with Crippen molar-refractivity contribution in [3.05, 3.63) is 23.1 Å². The maximum absolute atomic E-state index is 10.6. The molecule has 2 aromatic rings. The van der Waals surface area contributed by atoms with E-state index in [0.29, 0.717) is 16.3 Å². The van der Waals surface area contributed by atoms with E-state index in [1.54, 1.807) is 6.07 Å². The summed E-state index contributed by atoms with van der Waals surface area (Å²) in [4.78, 5) is 11.1. The Balaban J connectivity index is 2.92. The molecule has 4 heteroatoms. The summed E-state index contributed by atoms with van der Waals surface area (Å²) in [5.41, 5.74) is 12.6. The number of aldehydes is 1. The predicted molar refractivity (Wildman–Crippen MR) is 56.0 cm³/mol. The van der Waals surface area contributed by atoms with Gasteiger partial charge in [0.1, 0.15) is 0 Å². The third-order valence-corrected chi connectivity index (χ3v) is 3.02. The summed E-state index contributed by atoms with van der Waals surface area (Å²) in [7, 11) is 0. The summed E-state index contributed by atoms with van der Waals surface area (Å²) in [6.45, 7) is 0. The molecule has 0 unspecified atom stereocenters. The van der Waals surface area contributed by atoms with Gasteiger partial charge in [-0.1, -0.05) is 6.07 Å². The fourth-order valence-electron chi connectivity index (χ4n) is 1.31. The summed E-state index contributed by atoms with van der Waals surface area (Å²) < 4.78 is 0.958. The van der Waals surface area contributed by atoms with Crippen LogP contribution in [0.1, 0.15) is 9.67 Å². The van der Waals surface area contributed by atoms with Crippen molar-refractivity contribution in [3.63, 3.8) is 0 Å². The van der Waals surface area contributed by atoms with Gasteiger partial charge in [-0.25, -0.2) is 0 Å². The molecule has 0 spiro atoms. The van der Waals surface area contributed by atoms with Gasteiger partial charge in [-0.05, 0) is 12.1 Å². The molecule has 0 aliphatic heterocycles. The molecule has 0 bridgehead atoms. The van der Waals surface area contributed by atoms with Crippen LogP contribution < -0.4 is 11.5 Å². The van der Waals surface area contributed by atoms with Crippen LogP contribution in [0.5, 0.6) is 0 Å². The van der Waals surface area contributed by atoms with Crippen molar-refractivity contribution >= 4 is 39.1 Å². The molecule has 0 amide bonds. The van der Waals surface area contributed by atoms with E-state index in [0.717, 1.165) is 16.4 Å². The summed E-state index contributed by atoms with van der Waals surface area (Å²) in [6, 6.07) is 5.53. The van der Waals surface area contributed by atoms with Crippen LogP contribution in [0.15, 0.2) is 18.2 Å². The lowest BCUT2D eigenvalue weighted by molar-refractivity contribution is 0.112. The molecule has 66 valence electrons. The van der Waals surface area contributed by atoms with Crippen molar-refractivity contribution in [3.8, 4) is 0 Å². The van der Waals surface area contributed by atoms with Gasteiger partial charge in [-0.15, -0.1) is 11.3 Å². The minimum atomic E-state index is 0.494. The molecular weight excluding hydrogens is 184 g/mol. The van der Waals surface area contributed by atoms with Crippen LogP contribution in [0, 0.1) is 0 Å². The van der Waals surface area contributed by atoms with Gasteiger partial charge in [0.15, 0.2) is 6.29 Å². The standard InChI is InChI=1S/C9H8N2OS/c10-5-2-1-3-6-8(5)9(11)7(4-12)13-6/h1-4H,10-11H2. The Morgan fingerprint density at radius 2 is 2.08 bits per heavy atom. The van der Waals surface area contributed by atoms with Crippen LogP contribution in [0.4, 0.5) is 11.4 Å². The molecule has 0 fully saturated rings. The zero-order valence-electron chi connectivity index (χ0n) is 6.78. The lowest BCUT2D eigenvalue weighted by Gasteiger charge is -1.96. The Hall–Kier alpha value is -1.55. The average molecular weight is 192 g/mol. The zero-order valence-corrected chi connectivity index (χ0v) is 7.60. The Morgan fingerprint density at radius 3 is 2.69 bits per heavy atom. The third-order valence-electron chi connectivity index (χ3n) is 1.92. The second-order valence-electron chi connectivity index (χ2n) is 2.72. The van der Waals surface area contributed by atoms with E-state index < -0.39 is 0 Å². The Bertz CT molecular complexity index is 476. The number of nitrogen functional groups attached to an aromatic ring is 2. The Labute approximate surface area is 79.0 Å². The predicted octanol–water partition coefficient (Wildman–Crippen LogP) is 1.88. The van der Waals surface area contributed by atoms with Crippen molar-refractivity contribution in [2.24, 2.45) is 0 Å². The lowest BCUT2D eigenvalue weighted by atomic mass is 10.2. The van der Waals surface area contributed by atoms with E-state index in [4.69, 9.17) is 11.5 Å². The van der Waals surface area contributed by atoms with Gasteiger partial charge in [-0.3, -0.25) is 4.79 Å². The zero-order chi connectivity index (χ0) is 9.42. The number of hydrogen-bond donors (Lipinski definition) is 2. The van der Waals surface area contributed by atoms with Gasteiger partial charge in [0.2, 0.25) is 0 Å². The van der Waals surface area contributed by atoms with E-state index in [1.165, 1.54) is 11.3 Å². The smallest absolute Gasteiger partial charge is 0.162 e. The summed E-state index contributed by atoms with van der Waals surface area (Å²) in [5, 5.41) is 0.801. The minimum Gasteiger partial charge on any atom is -0.398 e.